The molecule has 0 N–H and O–H groups in total. The second kappa shape index (κ2) is 14.7. The highest BCUT2D eigenvalue weighted by atomic mass is 32.2. The Morgan fingerprint density at radius 3 is 1.76 bits per heavy atom. The number of methoxy groups -OCH3 is 3. The number of rotatable bonds is 12. The first-order valence-corrected chi connectivity index (χ1v) is 18.2. The van der Waals surface area contributed by atoms with Gasteiger partial charge in [-0.25, -0.2) is 0 Å². The van der Waals surface area contributed by atoms with Gasteiger partial charge in [-0.05, 0) is 35.4 Å². The SMILES string of the molecule is COc1ccc(C2=CN3C(=O)c4cc(OC)c(OCCCOc5cc6c(cc5OC)C(=O)N5C=C(OS(=O)(=O)C(F)(F)F)CC5C=N6)cc4N=CC3C2)cc1. The fourth-order valence-corrected chi connectivity index (χ4v) is 6.88. The van der Waals surface area contributed by atoms with Crippen LogP contribution in [0.4, 0.5) is 24.5 Å². The Morgan fingerprint density at radius 2 is 1.25 bits per heavy atom. The molecule has 0 bridgehead atoms. The summed E-state index contributed by atoms with van der Waals surface area (Å²) in [6.45, 7) is 0.346. The van der Waals surface area contributed by atoms with Gasteiger partial charge in [-0.1, -0.05) is 12.1 Å². The maximum absolute atomic E-state index is 13.7. The molecule has 7 rings (SSSR count). The van der Waals surface area contributed by atoms with Gasteiger partial charge in [0.05, 0.1) is 69.1 Å². The number of halogens is 3. The summed E-state index contributed by atoms with van der Waals surface area (Å²) in [7, 11) is -1.45. The monoisotopic (exact) mass is 782 g/mol. The number of carbonyl (C=O) groups is 2. The lowest BCUT2D eigenvalue weighted by Crippen LogP contribution is -2.32. The van der Waals surface area contributed by atoms with Gasteiger partial charge in [0.25, 0.3) is 11.8 Å². The molecule has 0 fully saturated rings. The zero-order chi connectivity index (χ0) is 39.1. The number of hydrogen-bond donors (Lipinski definition) is 0. The van der Waals surface area contributed by atoms with E-state index < -0.39 is 33.3 Å². The van der Waals surface area contributed by atoms with E-state index in [1.807, 2.05) is 30.5 Å². The third-order valence-electron chi connectivity index (χ3n) is 9.16. The number of benzene rings is 3. The van der Waals surface area contributed by atoms with E-state index in [1.54, 1.807) is 30.4 Å². The molecule has 3 aromatic rings. The average Bonchev–Trinajstić information content (AvgIpc) is 3.72. The van der Waals surface area contributed by atoms with Gasteiger partial charge >= 0.3 is 15.6 Å². The standard InChI is InChI=1S/C37H33F3N4O10S/c1-49-25-7-5-21(6-8-25)22-11-23-17-41-29-15-33(31(50-2)13-27(29)35(45)43(23)19-22)52-9-4-10-53-34-16-30-28(14-32(34)51-3)36(46)44-20-26(12-24(44)18-42-30)54-55(47,48)37(38,39)40/h5-8,13-20,23-24H,4,9-12H2,1-3H3. The largest absolute Gasteiger partial charge is 0.534 e. The number of hydrogen-bond acceptors (Lipinski definition) is 12. The minimum Gasteiger partial charge on any atom is -0.497 e. The van der Waals surface area contributed by atoms with Gasteiger partial charge in [0.15, 0.2) is 23.0 Å². The van der Waals surface area contributed by atoms with Crippen LogP contribution < -0.4 is 23.7 Å². The molecule has 0 saturated heterocycles. The molecule has 18 heteroatoms. The number of amides is 2. The highest BCUT2D eigenvalue weighted by Gasteiger charge is 2.50. The fraction of sp³-hybridized carbons (Fsp3) is 0.297. The van der Waals surface area contributed by atoms with Crippen LogP contribution in [0.25, 0.3) is 5.57 Å². The Hall–Kier alpha value is -6.04. The summed E-state index contributed by atoms with van der Waals surface area (Å²) < 4.78 is 93.9. The van der Waals surface area contributed by atoms with E-state index in [0.29, 0.717) is 35.6 Å². The van der Waals surface area contributed by atoms with Crippen molar-refractivity contribution in [2.75, 3.05) is 34.5 Å². The molecule has 2 amide bonds. The molecule has 2 unspecified atom stereocenters. The molecule has 4 aliphatic rings. The Kier molecular flexibility index (Phi) is 9.93. The molecular weight excluding hydrogens is 749 g/mol. The second-order valence-electron chi connectivity index (χ2n) is 12.6. The van der Waals surface area contributed by atoms with Crippen LogP contribution in [0.15, 0.2) is 76.7 Å². The molecule has 0 spiro atoms. The van der Waals surface area contributed by atoms with Crippen molar-refractivity contribution in [3.63, 3.8) is 0 Å². The van der Waals surface area contributed by atoms with Gasteiger partial charge in [0, 0.05) is 56.2 Å². The molecule has 4 aliphatic heterocycles. The Bertz CT molecular complexity index is 2270. The number of aliphatic imine (C=N–C) groups is 2. The smallest absolute Gasteiger partial charge is 0.497 e. The van der Waals surface area contributed by atoms with Crippen molar-refractivity contribution < 1.29 is 59.0 Å². The van der Waals surface area contributed by atoms with Crippen LogP contribution in [0.1, 0.15) is 45.5 Å². The van der Waals surface area contributed by atoms with Crippen LogP contribution in [0.2, 0.25) is 0 Å². The highest BCUT2D eigenvalue weighted by molar-refractivity contribution is 7.87. The van der Waals surface area contributed by atoms with E-state index >= 15 is 0 Å². The fourth-order valence-electron chi connectivity index (χ4n) is 6.39. The minimum absolute atomic E-state index is 0.0491. The third-order valence-corrected chi connectivity index (χ3v) is 10.2. The van der Waals surface area contributed by atoms with Crippen LogP contribution in [0, 0.1) is 0 Å². The molecule has 288 valence electrons. The van der Waals surface area contributed by atoms with Crippen LogP contribution in [0.3, 0.4) is 0 Å². The zero-order valence-electron chi connectivity index (χ0n) is 29.5. The van der Waals surface area contributed by atoms with Gasteiger partial charge in [-0.15, -0.1) is 0 Å². The van der Waals surface area contributed by atoms with Crippen molar-refractivity contribution in [1.82, 2.24) is 9.80 Å². The predicted molar refractivity (Wildman–Crippen MR) is 192 cm³/mol. The molecule has 2 atom stereocenters. The predicted octanol–water partition coefficient (Wildman–Crippen LogP) is 6.17. The summed E-state index contributed by atoms with van der Waals surface area (Å²) >= 11 is 0. The van der Waals surface area contributed by atoms with E-state index in [0.717, 1.165) is 28.0 Å². The molecule has 14 nitrogen and oxygen atoms in total. The van der Waals surface area contributed by atoms with Crippen molar-refractivity contribution in [2.45, 2.75) is 36.9 Å². The van der Waals surface area contributed by atoms with Crippen LogP contribution >= 0.6 is 0 Å². The highest BCUT2D eigenvalue weighted by Crippen LogP contribution is 2.42. The molecule has 3 aromatic carbocycles. The average molecular weight is 783 g/mol. The van der Waals surface area contributed by atoms with Crippen molar-refractivity contribution in [2.24, 2.45) is 9.98 Å². The summed E-state index contributed by atoms with van der Waals surface area (Å²) in [4.78, 5) is 38.7. The van der Waals surface area contributed by atoms with Crippen molar-refractivity contribution >= 4 is 51.3 Å². The lowest BCUT2D eigenvalue weighted by molar-refractivity contribution is -0.0522. The topological polar surface area (TPSA) is 155 Å². The lowest BCUT2D eigenvalue weighted by atomic mass is 10.0. The number of nitrogens with zero attached hydrogens (tertiary/aromatic N) is 4. The third kappa shape index (κ3) is 7.28. The first-order valence-electron chi connectivity index (χ1n) is 16.8. The van der Waals surface area contributed by atoms with E-state index in [2.05, 4.69) is 14.2 Å². The Balaban J connectivity index is 0.985. The maximum atomic E-state index is 13.7. The molecule has 55 heavy (non-hydrogen) atoms. The molecule has 0 radical (unpaired) electrons. The molecule has 0 aromatic heterocycles. The van der Waals surface area contributed by atoms with Gasteiger partial charge in [-0.2, -0.15) is 21.6 Å². The van der Waals surface area contributed by atoms with E-state index in [9.17, 15) is 31.2 Å². The summed E-state index contributed by atoms with van der Waals surface area (Å²) in [5.74, 6) is 0.507. The first kappa shape index (κ1) is 37.3. The summed E-state index contributed by atoms with van der Waals surface area (Å²) in [5.41, 5.74) is -2.56. The van der Waals surface area contributed by atoms with Crippen molar-refractivity contribution in [1.29, 1.82) is 0 Å². The number of ether oxygens (including phenoxy) is 5. The van der Waals surface area contributed by atoms with E-state index in [4.69, 9.17) is 23.7 Å². The van der Waals surface area contributed by atoms with Crippen LogP contribution in [-0.2, 0) is 14.3 Å². The van der Waals surface area contributed by atoms with Crippen LogP contribution in [-0.4, -0.2) is 94.6 Å². The van der Waals surface area contributed by atoms with Gasteiger partial charge < -0.3 is 37.7 Å². The lowest BCUT2D eigenvalue weighted by Gasteiger charge is -2.19. The summed E-state index contributed by atoms with van der Waals surface area (Å²) in [6, 6.07) is 12.7. The minimum atomic E-state index is -5.91. The summed E-state index contributed by atoms with van der Waals surface area (Å²) in [6.07, 6.45) is 6.49. The Morgan fingerprint density at radius 1 is 0.727 bits per heavy atom. The Labute approximate surface area is 313 Å². The number of alkyl halides is 3. The van der Waals surface area contributed by atoms with Crippen LogP contribution in [0.5, 0.6) is 28.7 Å². The first-order chi connectivity index (χ1) is 26.3. The number of carbonyl (C=O) groups excluding carboxylic acids is 2. The zero-order valence-corrected chi connectivity index (χ0v) is 30.3. The van der Waals surface area contributed by atoms with E-state index in [-0.39, 0.29) is 54.3 Å². The normalized spacial score (nSPS) is 18.7. The number of fused-ring (bicyclic) bond motifs is 4. The van der Waals surface area contributed by atoms with Gasteiger partial charge in [-0.3, -0.25) is 19.6 Å². The van der Waals surface area contributed by atoms with Crippen molar-refractivity contribution in [3.8, 4) is 28.7 Å². The van der Waals surface area contributed by atoms with Gasteiger partial charge in [0.1, 0.15) is 11.5 Å². The van der Waals surface area contributed by atoms with Crippen molar-refractivity contribution in [3.05, 3.63) is 83.4 Å². The molecule has 0 aliphatic carbocycles. The van der Waals surface area contributed by atoms with Gasteiger partial charge in [0.2, 0.25) is 0 Å². The quantitative estimate of drug-likeness (QED) is 0.118. The second-order valence-corrected chi connectivity index (χ2v) is 14.1. The van der Waals surface area contributed by atoms with E-state index in [1.165, 1.54) is 32.6 Å². The molecule has 4 heterocycles. The molecular formula is C37H33F3N4O10S. The maximum Gasteiger partial charge on any atom is 0.534 e. The summed E-state index contributed by atoms with van der Waals surface area (Å²) in [5, 5.41) is 0. The molecule has 0 saturated carbocycles.